The molecule has 0 saturated heterocycles. The number of pyridine rings is 1. The van der Waals surface area contributed by atoms with Crippen molar-refractivity contribution < 1.29 is 9.13 Å². The number of nitrogens with one attached hydrogen (secondary N) is 3. The van der Waals surface area contributed by atoms with Crippen LogP contribution in [0.15, 0.2) is 41.9 Å². The zero-order valence-electron chi connectivity index (χ0n) is 18.6. The molecule has 2 heterocycles. The molecule has 176 valence electrons. The molecule has 3 aromatic rings. The van der Waals surface area contributed by atoms with Crippen molar-refractivity contribution in [3.05, 3.63) is 58.3 Å². The van der Waals surface area contributed by atoms with Crippen molar-refractivity contribution in [3.8, 4) is 11.3 Å². The molecule has 1 aromatic carbocycles. The largest absolute Gasteiger partial charge is 0.383 e. The van der Waals surface area contributed by atoms with Crippen LogP contribution in [0.25, 0.3) is 11.3 Å². The van der Waals surface area contributed by atoms with Crippen molar-refractivity contribution in [1.29, 1.82) is 0 Å². The first-order valence-corrected chi connectivity index (χ1v) is 12.4. The maximum absolute atomic E-state index is 13.1. The maximum Gasteiger partial charge on any atom is 0.183 e. The molecule has 6 nitrogen and oxygen atoms in total. The first-order chi connectivity index (χ1) is 16.1. The number of hydrogen-bond donors (Lipinski definition) is 3. The monoisotopic (exact) mass is 489 g/mol. The fraction of sp³-hybridized carbons (Fsp3) is 0.417. The fourth-order valence-electron chi connectivity index (χ4n) is 3.99. The van der Waals surface area contributed by atoms with E-state index in [4.69, 9.17) is 16.3 Å². The number of anilines is 2. The third-order valence-corrected chi connectivity index (χ3v) is 6.91. The molecule has 33 heavy (non-hydrogen) atoms. The zero-order valence-corrected chi connectivity index (χ0v) is 20.2. The average molecular weight is 490 g/mol. The van der Waals surface area contributed by atoms with Crippen LogP contribution in [0.2, 0.25) is 5.02 Å². The molecule has 1 saturated carbocycles. The van der Waals surface area contributed by atoms with Crippen LogP contribution in [-0.2, 0) is 11.3 Å². The molecule has 4 rings (SSSR count). The van der Waals surface area contributed by atoms with E-state index in [9.17, 15) is 4.39 Å². The van der Waals surface area contributed by atoms with E-state index in [2.05, 4.69) is 25.9 Å². The molecule has 1 aliphatic rings. The van der Waals surface area contributed by atoms with Gasteiger partial charge in [0.1, 0.15) is 11.6 Å². The summed E-state index contributed by atoms with van der Waals surface area (Å²) in [5.41, 5.74) is 2.66. The highest BCUT2D eigenvalue weighted by atomic mass is 35.5. The van der Waals surface area contributed by atoms with Crippen molar-refractivity contribution in [1.82, 2.24) is 15.3 Å². The fourth-order valence-corrected chi connectivity index (χ4v) is 4.90. The van der Waals surface area contributed by atoms with Crippen LogP contribution in [0.4, 0.5) is 15.3 Å². The van der Waals surface area contributed by atoms with E-state index in [0.29, 0.717) is 23.7 Å². The summed E-state index contributed by atoms with van der Waals surface area (Å²) in [6.45, 7) is 2.22. The van der Waals surface area contributed by atoms with Gasteiger partial charge in [-0.2, -0.15) is 0 Å². The number of rotatable bonds is 10. The summed E-state index contributed by atoms with van der Waals surface area (Å²) < 4.78 is 18.2. The minimum Gasteiger partial charge on any atom is -0.383 e. The summed E-state index contributed by atoms with van der Waals surface area (Å²) in [6, 6.07) is 9.37. The number of aromatic nitrogens is 2. The van der Waals surface area contributed by atoms with Gasteiger partial charge in [-0.1, -0.05) is 23.7 Å². The quantitative estimate of drug-likeness (QED) is 0.323. The van der Waals surface area contributed by atoms with E-state index in [0.717, 1.165) is 66.6 Å². The molecule has 9 heteroatoms. The van der Waals surface area contributed by atoms with Gasteiger partial charge in [-0.25, -0.2) is 14.4 Å². The van der Waals surface area contributed by atoms with E-state index < -0.39 is 0 Å². The van der Waals surface area contributed by atoms with Crippen molar-refractivity contribution in [3.63, 3.8) is 0 Å². The van der Waals surface area contributed by atoms with Gasteiger partial charge in [0, 0.05) is 49.4 Å². The van der Waals surface area contributed by atoms with Crippen molar-refractivity contribution in [2.24, 2.45) is 0 Å². The average Bonchev–Trinajstić information content (AvgIpc) is 3.30. The van der Waals surface area contributed by atoms with Gasteiger partial charge >= 0.3 is 0 Å². The Morgan fingerprint density at radius 1 is 1.15 bits per heavy atom. The molecule has 1 fully saturated rings. The number of thiazole rings is 1. The second-order valence-corrected chi connectivity index (χ2v) is 9.47. The lowest BCUT2D eigenvalue weighted by Gasteiger charge is -2.30. The van der Waals surface area contributed by atoms with Crippen LogP contribution in [0.1, 0.15) is 31.2 Å². The third kappa shape index (κ3) is 6.86. The molecule has 0 amide bonds. The van der Waals surface area contributed by atoms with Gasteiger partial charge in [-0.3, -0.25) is 0 Å². The minimum absolute atomic E-state index is 0.237. The second kappa shape index (κ2) is 11.7. The van der Waals surface area contributed by atoms with E-state index in [-0.39, 0.29) is 5.82 Å². The first kappa shape index (κ1) is 23.9. The number of ether oxygens (including phenoxy) is 1. The number of benzene rings is 1. The molecule has 2 aromatic heterocycles. The molecule has 0 unspecified atom stereocenters. The van der Waals surface area contributed by atoms with Gasteiger partial charge in [0.2, 0.25) is 0 Å². The van der Waals surface area contributed by atoms with Gasteiger partial charge in [0.25, 0.3) is 0 Å². The summed E-state index contributed by atoms with van der Waals surface area (Å²) in [6.07, 6.45) is 6.15. The van der Waals surface area contributed by atoms with E-state index >= 15 is 0 Å². The molecular weight excluding hydrogens is 461 g/mol. The third-order valence-electron chi connectivity index (χ3n) is 5.81. The molecule has 1 aliphatic carbocycles. The minimum atomic E-state index is -0.237. The van der Waals surface area contributed by atoms with E-state index in [1.807, 2.05) is 11.4 Å². The Morgan fingerprint density at radius 2 is 1.91 bits per heavy atom. The highest BCUT2D eigenvalue weighted by Crippen LogP contribution is 2.32. The molecule has 0 bridgehead atoms. The lowest BCUT2D eigenvalue weighted by molar-refractivity contribution is 0.191. The van der Waals surface area contributed by atoms with Crippen LogP contribution in [0.5, 0.6) is 0 Å². The van der Waals surface area contributed by atoms with Crippen molar-refractivity contribution in [2.45, 2.75) is 44.3 Å². The molecule has 0 radical (unpaired) electrons. The molecule has 0 aliphatic heterocycles. The maximum atomic E-state index is 13.1. The van der Waals surface area contributed by atoms with Gasteiger partial charge in [0.05, 0.1) is 17.3 Å². The molecule has 3 N–H and O–H groups in total. The van der Waals surface area contributed by atoms with Gasteiger partial charge in [-0.15, -0.1) is 11.3 Å². The summed E-state index contributed by atoms with van der Waals surface area (Å²) in [5.74, 6) is 0.581. The van der Waals surface area contributed by atoms with Crippen molar-refractivity contribution in [2.75, 3.05) is 30.9 Å². The molecule has 0 spiro atoms. The Kier molecular flexibility index (Phi) is 8.50. The normalized spacial score (nSPS) is 18.3. The summed E-state index contributed by atoms with van der Waals surface area (Å²) in [5, 5.41) is 13.8. The van der Waals surface area contributed by atoms with E-state index in [1.54, 1.807) is 25.4 Å². The highest BCUT2D eigenvalue weighted by Gasteiger charge is 2.21. The predicted molar refractivity (Wildman–Crippen MR) is 134 cm³/mol. The molecular formula is C24H29ClFN5OS. The number of nitrogens with zero attached hydrogens (tertiary/aromatic N) is 2. The number of methoxy groups -OCH3 is 1. The van der Waals surface area contributed by atoms with Crippen LogP contribution in [0.3, 0.4) is 0 Å². The number of halogens is 2. The summed E-state index contributed by atoms with van der Waals surface area (Å²) in [7, 11) is 1.73. The molecule has 0 atom stereocenters. The smallest absolute Gasteiger partial charge is 0.183 e. The van der Waals surface area contributed by atoms with Gasteiger partial charge < -0.3 is 20.7 Å². The zero-order chi connectivity index (χ0) is 23.0. The Morgan fingerprint density at radius 3 is 2.67 bits per heavy atom. The lowest BCUT2D eigenvalue weighted by atomic mass is 9.91. The Hall–Kier alpha value is -2.26. The SMILES string of the molecule is COCCNC1CCC(Nc2cc(-c3csc(NCc4ccc(F)cc4)n3)c(Cl)cn2)CC1. The second-order valence-electron chi connectivity index (χ2n) is 8.21. The Labute approximate surface area is 203 Å². The van der Waals surface area contributed by atoms with E-state index in [1.165, 1.54) is 23.5 Å². The summed E-state index contributed by atoms with van der Waals surface area (Å²) in [4.78, 5) is 9.16. The highest BCUT2D eigenvalue weighted by molar-refractivity contribution is 7.14. The Balaban J connectivity index is 1.33. The first-order valence-electron chi connectivity index (χ1n) is 11.2. The number of hydrogen-bond acceptors (Lipinski definition) is 7. The van der Waals surface area contributed by atoms with Crippen LogP contribution in [-0.4, -0.2) is 42.3 Å². The standard InChI is InChI=1S/C24H29ClFN5OS/c1-32-11-10-27-18-6-8-19(9-7-18)30-23-12-20(21(25)14-28-23)22-15-33-24(31-22)29-13-16-2-4-17(26)5-3-16/h2-5,12,14-15,18-19,27H,6-11,13H2,1H3,(H,28,30)(H,29,31). The summed E-state index contributed by atoms with van der Waals surface area (Å²) >= 11 is 7.96. The Bertz CT molecular complexity index is 1020. The van der Waals surface area contributed by atoms with Gasteiger partial charge in [0.15, 0.2) is 5.13 Å². The van der Waals surface area contributed by atoms with Crippen LogP contribution < -0.4 is 16.0 Å². The topological polar surface area (TPSA) is 71.1 Å². The predicted octanol–water partition coefficient (Wildman–Crippen LogP) is 5.57. The van der Waals surface area contributed by atoms with Gasteiger partial charge in [-0.05, 0) is 49.4 Å². The van der Waals surface area contributed by atoms with Crippen molar-refractivity contribution >= 4 is 33.9 Å². The lowest BCUT2D eigenvalue weighted by Crippen LogP contribution is -2.38. The van der Waals surface area contributed by atoms with Crippen LogP contribution >= 0.6 is 22.9 Å². The van der Waals surface area contributed by atoms with Crippen LogP contribution in [0, 0.1) is 5.82 Å².